The highest BCUT2D eigenvalue weighted by Gasteiger charge is 2.20. The average Bonchev–Trinajstić information content (AvgIpc) is 2.65. The number of anilines is 1. The molecule has 98 valence electrons. The van der Waals surface area contributed by atoms with E-state index in [4.69, 9.17) is 5.73 Å². The fourth-order valence-electron chi connectivity index (χ4n) is 0.867. The van der Waals surface area contributed by atoms with Crippen LogP contribution in [0.25, 0.3) is 0 Å². The first-order valence-corrected chi connectivity index (χ1v) is 8.68. The summed E-state index contributed by atoms with van der Waals surface area (Å²) in [6.07, 6.45) is 0. The van der Waals surface area contributed by atoms with Crippen molar-refractivity contribution in [3.05, 3.63) is 0 Å². The minimum atomic E-state index is -3.82. The molecule has 1 aromatic heterocycles. The van der Waals surface area contributed by atoms with Gasteiger partial charge >= 0.3 is 0 Å². The SMILES string of the molecule is CCS(=O)(=O)CCNS(=O)(=O)c1nnc(N)s1. The number of nitrogens with zero attached hydrogens (tertiary/aromatic N) is 2. The topological polar surface area (TPSA) is 132 Å². The fraction of sp³-hybridized carbons (Fsp3) is 0.667. The van der Waals surface area contributed by atoms with E-state index < -0.39 is 19.9 Å². The minimum Gasteiger partial charge on any atom is -0.374 e. The van der Waals surface area contributed by atoms with Crippen molar-refractivity contribution in [2.45, 2.75) is 11.3 Å². The van der Waals surface area contributed by atoms with Gasteiger partial charge in [0.05, 0.1) is 5.75 Å². The molecule has 11 heteroatoms. The molecule has 0 radical (unpaired) electrons. The van der Waals surface area contributed by atoms with Crippen LogP contribution in [0.2, 0.25) is 0 Å². The Labute approximate surface area is 103 Å². The molecule has 0 aliphatic rings. The van der Waals surface area contributed by atoms with E-state index in [-0.39, 0.29) is 27.5 Å². The molecule has 0 saturated carbocycles. The third kappa shape index (κ3) is 4.18. The summed E-state index contributed by atoms with van der Waals surface area (Å²) in [5.74, 6) is -0.280. The lowest BCUT2D eigenvalue weighted by Gasteiger charge is -2.03. The Bertz CT molecular complexity index is 576. The number of nitrogens with two attached hydrogens (primary N) is 1. The van der Waals surface area contributed by atoms with Crippen molar-refractivity contribution in [1.82, 2.24) is 14.9 Å². The number of rotatable bonds is 6. The summed E-state index contributed by atoms with van der Waals surface area (Å²) >= 11 is 0.714. The van der Waals surface area contributed by atoms with Crippen molar-refractivity contribution >= 4 is 36.3 Å². The lowest BCUT2D eigenvalue weighted by Crippen LogP contribution is -2.29. The number of nitrogen functional groups attached to an aromatic ring is 1. The van der Waals surface area contributed by atoms with Gasteiger partial charge in [-0.1, -0.05) is 18.3 Å². The van der Waals surface area contributed by atoms with E-state index in [1.54, 1.807) is 0 Å². The van der Waals surface area contributed by atoms with Crippen LogP contribution in [0.4, 0.5) is 5.13 Å². The number of hydrogen-bond donors (Lipinski definition) is 2. The maximum atomic E-state index is 11.6. The van der Waals surface area contributed by atoms with Crippen molar-refractivity contribution in [3.63, 3.8) is 0 Å². The minimum absolute atomic E-state index is 0.0273. The van der Waals surface area contributed by atoms with Crippen LogP contribution in [0.15, 0.2) is 4.34 Å². The zero-order valence-electron chi connectivity index (χ0n) is 8.95. The first-order chi connectivity index (χ1) is 7.77. The van der Waals surface area contributed by atoms with Crippen molar-refractivity contribution in [2.75, 3.05) is 23.8 Å². The highest BCUT2D eigenvalue weighted by molar-refractivity contribution is 7.92. The number of sulfone groups is 1. The summed E-state index contributed by atoms with van der Waals surface area (Å²) < 4.78 is 47.3. The van der Waals surface area contributed by atoms with Crippen LogP contribution < -0.4 is 10.5 Å². The Hall–Kier alpha value is -0.780. The number of aromatic nitrogens is 2. The highest BCUT2D eigenvalue weighted by atomic mass is 32.2. The molecule has 17 heavy (non-hydrogen) atoms. The quantitative estimate of drug-likeness (QED) is 0.676. The van der Waals surface area contributed by atoms with Crippen LogP contribution >= 0.6 is 11.3 Å². The Balaban J connectivity index is 2.64. The van der Waals surface area contributed by atoms with E-state index in [0.29, 0.717) is 11.3 Å². The second-order valence-electron chi connectivity index (χ2n) is 3.04. The molecule has 0 aliphatic heterocycles. The Morgan fingerprint density at radius 1 is 1.29 bits per heavy atom. The molecular weight excluding hydrogens is 288 g/mol. The maximum absolute atomic E-state index is 11.6. The smallest absolute Gasteiger partial charge is 0.269 e. The van der Waals surface area contributed by atoms with Crippen molar-refractivity contribution in [2.24, 2.45) is 0 Å². The summed E-state index contributed by atoms with van der Waals surface area (Å²) in [5.41, 5.74) is 5.25. The molecule has 0 aromatic carbocycles. The molecule has 0 fully saturated rings. The number of hydrogen-bond acceptors (Lipinski definition) is 8. The molecule has 1 aromatic rings. The molecule has 0 spiro atoms. The molecule has 0 bridgehead atoms. The molecule has 1 rings (SSSR count). The first kappa shape index (κ1) is 14.3. The van der Waals surface area contributed by atoms with Gasteiger partial charge in [-0.25, -0.2) is 21.6 Å². The largest absolute Gasteiger partial charge is 0.374 e. The standard InChI is InChI=1S/C6H12N4O4S3/c1-2-16(11,12)4-3-8-17(13,14)6-10-9-5(7)15-6/h8H,2-4H2,1H3,(H2,7,9). The van der Waals surface area contributed by atoms with Gasteiger partial charge in [-0.05, 0) is 0 Å². The van der Waals surface area contributed by atoms with Gasteiger partial charge in [0.2, 0.25) is 9.47 Å². The highest BCUT2D eigenvalue weighted by Crippen LogP contribution is 2.16. The molecule has 3 N–H and O–H groups in total. The van der Waals surface area contributed by atoms with Crippen molar-refractivity contribution < 1.29 is 16.8 Å². The van der Waals surface area contributed by atoms with E-state index in [1.165, 1.54) is 6.92 Å². The Morgan fingerprint density at radius 2 is 1.94 bits per heavy atom. The van der Waals surface area contributed by atoms with Crippen molar-refractivity contribution in [3.8, 4) is 0 Å². The van der Waals surface area contributed by atoms with Gasteiger partial charge in [0.25, 0.3) is 10.0 Å². The summed E-state index contributed by atoms with van der Waals surface area (Å²) in [4.78, 5) is 0. The monoisotopic (exact) mass is 300 g/mol. The van der Waals surface area contributed by atoms with Crippen LogP contribution in [-0.2, 0) is 19.9 Å². The molecule has 0 aliphatic carbocycles. The van der Waals surface area contributed by atoms with Crippen molar-refractivity contribution in [1.29, 1.82) is 0 Å². The van der Waals surface area contributed by atoms with E-state index in [2.05, 4.69) is 14.9 Å². The van der Waals surface area contributed by atoms with E-state index >= 15 is 0 Å². The third-order valence-corrected chi connectivity index (χ3v) is 6.08. The Kier molecular flexibility index (Phi) is 4.41. The van der Waals surface area contributed by atoms with Gasteiger partial charge in [0.15, 0.2) is 9.84 Å². The summed E-state index contributed by atoms with van der Waals surface area (Å²) in [6, 6.07) is 0. The number of sulfonamides is 1. The van der Waals surface area contributed by atoms with E-state index in [9.17, 15) is 16.8 Å². The molecule has 0 amide bonds. The molecular formula is C6H12N4O4S3. The maximum Gasteiger partial charge on any atom is 0.269 e. The predicted molar refractivity (Wildman–Crippen MR) is 63.8 cm³/mol. The first-order valence-electron chi connectivity index (χ1n) is 4.56. The zero-order chi connectivity index (χ0) is 13.1. The molecule has 0 atom stereocenters. The van der Waals surface area contributed by atoms with Crippen LogP contribution in [0.5, 0.6) is 0 Å². The third-order valence-electron chi connectivity index (χ3n) is 1.80. The molecule has 8 nitrogen and oxygen atoms in total. The van der Waals surface area contributed by atoms with Gasteiger partial charge < -0.3 is 5.73 Å². The van der Waals surface area contributed by atoms with Gasteiger partial charge in [0.1, 0.15) is 0 Å². The summed E-state index contributed by atoms with van der Waals surface area (Å²) in [7, 11) is -7.02. The van der Waals surface area contributed by atoms with Gasteiger partial charge in [-0.2, -0.15) is 0 Å². The summed E-state index contributed by atoms with van der Waals surface area (Å²) in [6.45, 7) is 1.30. The van der Waals surface area contributed by atoms with E-state index in [0.717, 1.165) is 0 Å². The van der Waals surface area contributed by atoms with Gasteiger partial charge in [-0.3, -0.25) is 0 Å². The predicted octanol–water partition coefficient (Wildman–Crippen LogP) is -1.17. The zero-order valence-corrected chi connectivity index (χ0v) is 11.4. The average molecular weight is 300 g/mol. The van der Waals surface area contributed by atoms with Crippen LogP contribution in [0, 0.1) is 0 Å². The second kappa shape index (κ2) is 5.25. The molecule has 0 saturated heterocycles. The normalized spacial score (nSPS) is 12.8. The van der Waals surface area contributed by atoms with Gasteiger partial charge in [-0.15, -0.1) is 10.2 Å². The lowest BCUT2D eigenvalue weighted by atomic mass is 10.8. The van der Waals surface area contributed by atoms with Crippen LogP contribution in [0.3, 0.4) is 0 Å². The Morgan fingerprint density at radius 3 is 2.41 bits per heavy atom. The molecule has 0 unspecified atom stereocenters. The van der Waals surface area contributed by atoms with Crippen LogP contribution in [0.1, 0.15) is 6.92 Å². The lowest BCUT2D eigenvalue weighted by molar-refractivity contribution is 0.579. The summed E-state index contributed by atoms with van der Waals surface area (Å²) in [5, 5.41) is 6.76. The van der Waals surface area contributed by atoms with Gasteiger partial charge in [0, 0.05) is 12.3 Å². The number of nitrogens with one attached hydrogen (secondary N) is 1. The fourth-order valence-corrected chi connectivity index (χ4v) is 3.55. The molecule has 1 heterocycles. The second-order valence-corrected chi connectivity index (χ2v) is 8.46. The van der Waals surface area contributed by atoms with E-state index in [1.807, 2.05) is 0 Å². The van der Waals surface area contributed by atoms with Crippen LogP contribution in [-0.4, -0.2) is 45.1 Å².